The summed E-state index contributed by atoms with van der Waals surface area (Å²) in [4.78, 5) is 11.2. The molecule has 2 rings (SSSR count). The summed E-state index contributed by atoms with van der Waals surface area (Å²) in [6, 6.07) is 6.00. The van der Waals surface area contributed by atoms with Gasteiger partial charge in [0.05, 0.1) is 19.2 Å². The van der Waals surface area contributed by atoms with Gasteiger partial charge in [0, 0.05) is 12.5 Å². The average Bonchev–Trinajstić information content (AvgIpc) is 2.76. The Kier molecular flexibility index (Phi) is 3.99. The van der Waals surface area contributed by atoms with Crippen molar-refractivity contribution >= 4 is 5.97 Å². The lowest BCUT2D eigenvalue weighted by Crippen LogP contribution is -2.28. The van der Waals surface area contributed by atoms with Crippen LogP contribution in [0.4, 0.5) is 8.78 Å². The van der Waals surface area contributed by atoms with E-state index in [0.29, 0.717) is 11.3 Å². The van der Waals surface area contributed by atoms with Gasteiger partial charge in [-0.1, -0.05) is 0 Å². The van der Waals surface area contributed by atoms with Crippen molar-refractivity contribution in [2.75, 3.05) is 20.3 Å². The van der Waals surface area contributed by atoms with Crippen LogP contribution in [0.25, 0.3) is 0 Å². The average molecular weight is 271 g/mol. The zero-order valence-electron chi connectivity index (χ0n) is 10.5. The number of nitrogens with one attached hydrogen (secondary N) is 1. The fourth-order valence-electron chi connectivity index (χ4n) is 1.92. The number of alkyl halides is 2. The van der Waals surface area contributed by atoms with Gasteiger partial charge in [-0.05, 0) is 24.3 Å². The first-order chi connectivity index (χ1) is 9.00. The standard InChI is InChI=1S/C13H15F2NO3/c1-18-12(17)9-2-4-11(5-3-9)19-7-10-6-13(14,15)8-16-10/h2-5,10,16H,6-8H2,1H3. The molecule has 1 aliphatic heterocycles. The second-order valence-corrected chi connectivity index (χ2v) is 4.46. The number of hydrogen-bond acceptors (Lipinski definition) is 4. The molecule has 0 saturated carbocycles. The van der Waals surface area contributed by atoms with Crippen molar-refractivity contribution in [1.29, 1.82) is 0 Å². The molecular formula is C13H15F2NO3. The molecule has 19 heavy (non-hydrogen) atoms. The summed E-state index contributed by atoms with van der Waals surface area (Å²) >= 11 is 0. The summed E-state index contributed by atoms with van der Waals surface area (Å²) in [6.45, 7) is -0.129. The third kappa shape index (κ3) is 3.64. The minimum Gasteiger partial charge on any atom is -0.492 e. The molecule has 0 aliphatic carbocycles. The molecule has 1 aliphatic rings. The van der Waals surface area contributed by atoms with Gasteiger partial charge < -0.3 is 14.8 Å². The second-order valence-electron chi connectivity index (χ2n) is 4.46. The first-order valence-electron chi connectivity index (χ1n) is 5.92. The molecule has 0 aromatic heterocycles. The highest BCUT2D eigenvalue weighted by Gasteiger charge is 2.39. The van der Waals surface area contributed by atoms with Gasteiger partial charge in [-0.15, -0.1) is 0 Å². The monoisotopic (exact) mass is 271 g/mol. The minimum absolute atomic E-state index is 0.174. The highest BCUT2D eigenvalue weighted by Crippen LogP contribution is 2.25. The van der Waals surface area contributed by atoms with E-state index in [1.807, 2.05) is 0 Å². The topological polar surface area (TPSA) is 47.6 Å². The summed E-state index contributed by atoms with van der Waals surface area (Å²) in [7, 11) is 1.30. The largest absolute Gasteiger partial charge is 0.492 e. The molecule has 0 spiro atoms. The highest BCUT2D eigenvalue weighted by atomic mass is 19.3. The summed E-state index contributed by atoms with van der Waals surface area (Å²) in [5.41, 5.74) is 0.417. The van der Waals surface area contributed by atoms with E-state index in [-0.39, 0.29) is 25.6 Å². The van der Waals surface area contributed by atoms with Gasteiger partial charge in [-0.25, -0.2) is 13.6 Å². The molecule has 1 atom stereocenters. The molecule has 1 aromatic rings. The van der Waals surface area contributed by atoms with Crippen LogP contribution in [0, 0.1) is 0 Å². The molecule has 1 heterocycles. The van der Waals surface area contributed by atoms with Gasteiger partial charge >= 0.3 is 5.97 Å². The summed E-state index contributed by atoms with van der Waals surface area (Å²) < 4.78 is 35.8. The van der Waals surface area contributed by atoms with Gasteiger partial charge in [0.1, 0.15) is 12.4 Å². The van der Waals surface area contributed by atoms with Gasteiger partial charge in [0.25, 0.3) is 5.92 Å². The van der Waals surface area contributed by atoms with E-state index < -0.39 is 11.9 Å². The number of esters is 1. The lowest BCUT2D eigenvalue weighted by molar-refractivity contribution is 0.0196. The van der Waals surface area contributed by atoms with E-state index in [2.05, 4.69) is 10.1 Å². The first kappa shape index (κ1) is 13.7. The molecule has 104 valence electrons. The van der Waals surface area contributed by atoms with Crippen LogP contribution in [0.3, 0.4) is 0 Å². The molecule has 1 N–H and O–H groups in total. The predicted octanol–water partition coefficient (Wildman–Crippen LogP) is 1.85. The minimum atomic E-state index is -2.65. The van der Waals surface area contributed by atoms with Crippen molar-refractivity contribution in [3.8, 4) is 5.75 Å². The number of rotatable bonds is 4. The molecule has 0 amide bonds. The summed E-state index contributed by atoms with van der Waals surface area (Å²) in [5.74, 6) is -2.55. The van der Waals surface area contributed by atoms with Gasteiger partial charge in [0.2, 0.25) is 0 Å². The van der Waals surface area contributed by atoms with Crippen LogP contribution < -0.4 is 10.1 Å². The van der Waals surface area contributed by atoms with Crippen LogP contribution in [-0.4, -0.2) is 38.2 Å². The molecule has 0 radical (unpaired) electrons. The van der Waals surface area contributed by atoms with Crippen LogP contribution in [0.1, 0.15) is 16.8 Å². The number of hydrogen-bond donors (Lipinski definition) is 1. The molecular weight excluding hydrogens is 256 g/mol. The number of methoxy groups -OCH3 is 1. The normalized spacial score (nSPS) is 21.1. The Morgan fingerprint density at radius 2 is 2.11 bits per heavy atom. The van der Waals surface area contributed by atoms with Crippen molar-refractivity contribution < 1.29 is 23.0 Å². The first-order valence-corrected chi connectivity index (χ1v) is 5.92. The Labute approximate surface area is 109 Å². The van der Waals surface area contributed by atoms with Crippen LogP contribution in [0.15, 0.2) is 24.3 Å². The number of ether oxygens (including phenoxy) is 2. The predicted molar refractivity (Wildman–Crippen MR) is 64.6 cm³/mol. The maximum Gasteiger partial charge on any atom is 0.337 e. The van der Waals surface area contributed by atoms with E-state index in [1.54, 1.807) is 24.3 Å². The zero-order chi connectivity index (χ0) is 13.9. The van der Waals surface area contributed by atoms with Crippen molar-refractivity contribution in [2.24, 2.45) is 0 Å². The van der Waals surface area contributed by atoms with Gasteiger partial charge in [-0.3, -0.25) is 0 Å². The third-order valence-electron chi connectivity index (χ3n) is 2.92. The molecule has 1 fully saturated rings. The van der Waals surface area contributed by atoms with Gasteiger partial charge in [0.15, 0.2) is 0 Å². The molecule has 0 bridgehead atoms. The number of carbonyl (C=O) groups excluding carboxylic acids is 1. The van der Waals surface area contributed by atoms with Crippen LogP contribution in [-0.2, 0) is 4.74 Å². The van der Waals surface area contributed by atoms with Crippen LogP contribution in [0.2, 0.25) is 0 Å². The number of halogens is 2. The zero-order valence-corrected chi connectivity index (χ0v) is 10.5. The van der Waals surface area contributed by atoms with Crippen LogP contribution in [0.5, 0.6) is 5.75 Å². The fraction of sp³-hybridized carbons (Fsp3) is 0.462. The molecule has 1 unspecified atom stereocenters. The lowest BCUT2D eigenvalue weighted by atomic mass is 10.2. The smallest absolute Gasteiger partial charge is 0.337 e. The number of benzene rings is 1. The fourth-order valence-corrected chi connectivity index (χ4v) is 1.92. The molecule has 6 heteroatoms. The maximum absolute atomic E-state index is 12.9. The van der Waals surface area contributed by atoms with Crippen molar-refractivity contribution in [3.63, 3.8) is 0 Å². The van der Waals surface area contributed by atoms with E-state index in [1.165, 1.54) is 7.11 Å². The Balaban J connectivity index is 1.85. The third-order valence-corrected chi connectivity index (χ3v) is 2.92. The molecule has 1 saturated heterocycles. The van der Waals surface area contributed by atoms with E-state index >= 15 is 0 Å². The highest BCUT2D eigenvalue weighted by molar-refractivity contribution is 5.89. The lowest BCUT2D eigenvalue weighted by Gasteiger charge is -2.12. The SMILES string of the molecule is COC(=O)c1ccc(OCC2CC(F)(F)CN2)cc1. The Morgan fingerprint density at radius 3 is 2.63 bits per heavy atom. The van der Waals surface area contributed by atoms with Crippen LogP contribution >= 0.6 is 0 Å². The molecule has 1 aromatic carbocycles. The molecule has 4 nitrogen and oxygen atoms in total. The van der Waals surface area contributed by atoms with E-state index in [0.717, 1.165) is 0 Å². The van der Waals surface area contributed by atoms with Crippen molar-refractivity contribution in [3.05, 3.63) is 29.8 Å². The number of carbonyl (C=O) groups is 1. The Morgan fingerprint density at radius 1 is 1.42 bits per heavy atom. The van der Waals surface area contributed by atoms with Gasteiger partial charge in [-0.2, -0.15) is 0 Å². The summed E-state index contributed by atoms with van der Waals surface area (Å²) in [6.07, 6.45) is -0.215. The second kappa shape index (κ2) is 5.52. The Bertz CT molecular complexity index is 448. The van der Waals surface area contributed by atoms with E-state index in [4.69, 9.17) is 4.74 Å². The quantitative estimate of drug-likeness (QED) is 0.849. The van der Waals surface area contributed by atoms with Crippen molar-refractivity contribution in [1.82, 2.24) is 5.32 Å². The Hall–Kier alpha value is -1.69. The van der Waals surface area contributed by atoms with Crippen molar-refractivity contribution in [2.45, 2.75) is 18.4 Å². The maximum atomic E-state index is 12.9. The summed E-state index contributed by atoms with van der Waals surface area (Å²) in [5, 5.41) is 2.71. The van der Waals surface area contributed by atoms with E-state index in [9.17, 15) is 13.6 Å².